The average Bonchev–Trinajstić information content (AvgIpc) is 2.09. The van der Waals surface area contributed by atoms with Crippen molar-refractivity contribution in [1.29, 1.82) is 0 Å². The first-order chi connectivity index (χ1) is 5.83. The topological polar surface area (TPSA) is 53.8 Å². The molecule has 5 heteroatoms. The highest BCUT2D eigenvalue weighted by Gasteiger charge is 1.87. The Labute approximate surface area is 77.8 Å². The minimum Gasteiger partial charge on any atom is -0.277 e. The Morgan fingerprint density at radius 3 is 2.58 bits per heavy atom. The Morgan fingerprint density at radius 2 is 2.00 bits per heavy atom. The molecule has 1 rings (SSSR count). The van der Waals surface area contributed by atoms with Gasteiger partial charge < -0.3 is 0 Å². The number of anilines is 1. The Bertz CT molecular complexity index is 283. The third-order valence-electron chi connectivity index (χ3n) is 1.14. The quantitative estimate of drug-likeness (QED) is 0.374. The molecule has 0 heterocycles. The van der Waals surface area contributed by atoms with Crippen molar-refractivity contribution in [3.8, 4) is 0 Å². The van der Waals surface area contributed by atoms with Crippen LogP contribution >= 0.6 is 15.9 Å². The monoisotopic (exact) mass is 227 g/mol. The molecule has 0 saturated carbocycles. The normalized spacial score (nSPS) is 10.1. The molecule has 0 unspecified atom stereocenters. The SMILES string of the molecule is O=N/C=N/Nc1ccc(Br)cc1. The van der Waals surface area contributed by atoms with Crippen molar-refractivity contribution < 1.29 is 0 Å². The van der Waals surface area contributed by atoms with E-state index < -0.39 is 0 Å². The van der Waals surface area contributed by atoms with Crippen molar-refractivity contribution in [2.75, 3.05) is 5.43 Å². The molecule has 0 atom stereocenters. The molecule has 1 N–H and O–H groups in total. The fraction of sp³-hybridized carbons (Fsp3) is 0. The molecule has 0 aliphatic heterocycles. The van der Waals surface area contributed by atoms with Crippen LogP contribution in [0, 0.1) is 4.91 Å². The number of nitrogens with zero attached hydrogens (tertiary/aromatic N) is 2. The second kappa shape index (κ2) is 4.61. The van der Waals surface area contributed by atoms with Crippen molar-refractivity contribution in [1.82, 2.24) is 0 Å². The summed E-state index contributed by atoms with van der Waals surface area (Å²) in [6.45, 7) is 0. The molecule has 1 aromatic rings. The van der Waals surface area contributed by atoms with E-state index in [2.05, 4.69) is 31.6 Å². The van der Waals surface area contributed by atoms with E-state index in [1.165, 1.54) is 0 Å². The van der Waals surface area contributed by atoms with Gasteiger partial charge in [-0.3, -0.25) is 5.43 Å². The van der Waals surface area contributed by atoms with Crippen molar-refractivity contribution >= 4 is 28.0 Å². The summed E-state index contributed by atoms with van der Waals surface area (Å²) < 4.78 is 0.991. The van der Waals surface area contributed by atoms with Gasteiger partial charge in [-0.1, -0.05) is 15.9 Å². The van der Waals surface area contributed by atoms with Gasteiger partial charge in [0.25, 0.3) is 0 Å². The van der Waals surface area contributed by atoms with Gasteiger partial charge in [-0.05, 0) is 29.4 Å². The van der Waals surface area contributed by atoms with E-state index in [9.17, 15) is 4.91 Å². The molecule has 0 amide bonds. The predicted octanol–water partition coefficient (Wildman–Crippen LogP) is 2.57. The van der Waals surface area contributed by atoms with Crippen LogP contribution in [0.3, 0.4) is 0 Å². The number of rotatable bonds is 3. The standard InChI is InChI=1S/C7H6BrN3O/c8-6-1-3-7(4-2-6)11-9-5-10-12/h1-5,11H/b9-5+. The molecule has 62 valence electrons. The van der Waals surface area contributed by atoms with Crippen molar-refractivity contribution in [3.05, 3.63) is 33.6 Å². The second-order valence-corrected chi connectivity index (χ2v) is 2.88. The largest absolute Gasteiger partial charge is 0.277 e. The molecule has 0 aliphatic rings. The number of hydrogen-bond acceptors (Lipinski definition) is 3. The zero-order valence-corrected chi connectivity index (χ0v) is 7.65. The van der Waals surface area contributed by atoms with E-state index in [4.69, 9.17) is 0 Å². The molecule has 0 radical (unpaired) electrons. The Morgan fingerprint density at radius 1 is 1.33 bits per heavy atom. The summed E-state index contributed by atoms with van der Waals surface area (Å²) in [6, 6.07) is 7.39. The van der Waals surface area contributed by atoms with Crippen LogP contribution in [0.1, 0.15) is 0 Å². The van der Waals surface area contributed by atoms with Crippen LogP contribution in [0.2, 0.25) is 0 Å². The fourth-order valence-electron chi connectivity index (χ4n) is 0.651. The van der Waals surface area contributed by atoms with Gasteiger partial charge >= 0.3 is 0 Å². The molecule has 1 aromatic carbocycles. The van der Waals surface area contributed by atoms with Gasteiger partial charge in [0.2, 0.25) is 0 Å². The first-order valence-electron chi connectivity index (χ1n) is 3.18. The summed E-state index contributed by atoms with van der Waals surface area (Å²) in [6.07, 6.45) is 0.905. The maximum Gasteiger partial charge on any atom is 0.180 e. The molecule has 0 bridgehead atoms. The molecular formula is C7H6BrN3O. The van der Waals surface area contributed by atoms with Crippen molar-refractivity contribution in [2.24, 2.45) is 10.3 Å². The number of hydrogen-bond donors (Lipinski definition) is 1. The zero-order chi connectivity index (χ0) is 8.81. The molecule has 4 nitrogen and oxygen atoms in total. The molecule has 0 fully saturated rings. The molecule has 12 heavy (non-hydrogen) atoms. The molecule has 0 saturated heterocycles. The summed E-state index contributed by atoms with van der Waals surface area (Å²) in [5, 5.41) is 5.98. The van der Waals surface area contributed by atoms with Gasteiger partial charge in [0.15, 0.2) is 6.34 Å². The zero-order valence-electron chi connectivity index (χ0n) is 6.07. The van der Waals surface area contributed by atoms with Gasteiger partial charge in [0.05, 0.1) is 5.69 Å². The third-order valence-corrected chi connectivity index (χ3v) is 1.67. The van der Waals surface area contributed by atoms with Gasteiger partial charge in [-0.25, -0.2) is 0 Å². The number of hydrazone groups is 1. The van der Waals surface area contributed by atoms with Gasteiger partial charge in [0.1, 0.15) is 0 Å². The van der Waals surface area contributed by atoms with Gasteiger partial charge in [-0.2, -0.15) is 5.10 Å². The lowest BCUT2D eigenvalue weighted by Crippen LogP contribution is -1.86. The fourth-order valence-corrected chi connectivity index (χ4v) is 0.916. The smallest absolute Gasteiger partial charge is 0.180 e. The lowest BCUT2D eigenvalue weighted by molar-refractivity contribution is 1.33. The molecule has 0 spiro atoms. The Balaban J connectivity index is 2.58. The van der Waals surface area contributed by atoms with E-state index in [-0.39, 0.29) is 0 Å². The minimum absolute atomic E-state index is 0.804. The van der Waals surface area contributed by atoms with Crippen LogP contribution in [-0.2, 0) is 0 Å². The first kappa shape index (κ1) is 8.86. The van der Waals surface area contributed by atoms with Crippen LogP contribution in [0.4, 0.5) is 5.69 Å². The summed E-state index contributed by atoms with van der Waals surface area (Å²) in [4.78, 5) is 9.60. The maximum atomic E-state index is 9.60. The Kier molecular flexibility index (Phi) is 3.40. The maximum absolute atomic E-state index is 9.60. The van der Waals surface area contributed by atoms with Crippen LogP contribution in [0.5, 0.6) is 0 Å². The third kappa shape index (κ3) is 2.79. The number of halogens is 1. The highest BCUT2D eigenvalue weighted by Crippen LogP contribution is 2.13. The molecular weight excluding hydrogens is 222 g/mol. The number of nitrogens with one attached hydrogen (secondary N) is 1. The van der Waals surface area contributed by atoms with Crippen LogP contribution < -0.4 is 5.43 Å². The van der Waals surface area contributed by atoms with Crippen LogP contribution in [-0.4, -0.2) is 6.34 Å². The highest BCUT2D eigenvalue weighted by molar-refractivity contribution is 9.10. The number of benzene rings is 1. The molecule has 0 aliphatic carbocycles. The summed E-state index contributed by atoms with van der Waals surface area (Å²) in [5.74, 6) is 0. The van der Waals surface area contributed by atoms with Crippen LogP contribution in [0.25, 0.3) is 0 Å². The van der Waals surface area contributed by atoms with Gasteiger partial charge in [0, 0.05) is 4.47 Å². The summed E-state index contributed by atoms with van der Waals surface area (Å²) in [5.41, 5.74) is 3.43. The van der Waals surface area contributed by atoms with Gasteiger partial charge in [-0.15, -0.1) is 4.91 Å². The predicted molar refractivity (Wildman–Crippen MR) is 52.1 cm³/mol. The molecule has 0 aromatic heterocycles. The highest BCUT2D eigenvalue weighted by atomic mass is 79.9. The lowest BCUT2D eigenvalue weighted by Gasteiger charge is -1.97. The van der Waals surface area contributed by atoms with Crippen LogP contribution in [0.15, 0.2) is 39.0 Å². The van der Waals surface area contributed by atoms with E-state index in [1.807, 2.05) is 24.3 Å². The van der Waals surface area contributed by atoms with Crippen molar-refractivity contribution in [2.45, 2.75) is 0 Å². The minimum atomic E-state index is 0.804. The van der Waals surface area contributed by atoms with E-state index in [1.54, 1.807) is 0 Å². The number of nitroso groups, excluding NO2 is 1. The average molecular weight is 228 g/mol. The second-order valence-electron chi connectivity index (χ2n) is 1.97. The van der Waals surface area contributed by atoms with E-state index in [0.29, 0.717) is 0 Å². The van der Waals surface area contributed by atoms with Crippen molar-refractivity contribution in [3.63, 3.8) is 0 Å². The first-order valence-corrected chi connectivity index (χ1v) is 3.98. The Hall–Kier alpha value is -1.23. The summed E-state index contributed by atoms with van der Waals surface area (Å²) in [7, 11) is 0. The lowest BCUT2D eigenvalue weighted by atomic mass is 10.3. The summed E-state index contributed by atoms with van der Waals surface area (Å²) >= 11 is 3.29. The van der Waals surface area contributed by atoms with E-state index >= 15 is 0 Å². The van der Waals surface area contributed by atoms with E-state index in [0.717, 1.165) is 16.5 Å².